The van der Waals surface area contributed by atoms with E-state index >= 15 is 0 Å². The number of carbonyl (C=O) groups is 2. The van der Waals surface area contributed by atoms with Gasteiger partial charge >= 0.3 is 11.9 Å². The quantitative estimate of drug-likeness (QED) is 0.0856. The number of phenolic OH excluding ortho intramolecular Hbond substituents is 2. The zero-order valence-electron chi connectivity index (χ0n) is 22.1. The standard InChI is InChI=1S/C32H26O8S2/c33-15-17-39-31(37)19-7-1-3-11-23(19)41-25-13-5-9-21-27(25)29(35)22-10-6-14-26(28(22)30(21)36)42-24-12-4-2-8-20(24)32(38)40-18-16-34/h1-14,33-36H,15-18H2. The Bertz CT molecular complexity index is 1660. The van der Waals surface area contributed by atoms with Crippen molar-refractivity contribution in [3.05, 3.63) is 96.1 Å². The summed E-state index contributed by atoms with van der Waals surface area (Å²) < 4.78 is 10.2. The lowest BCUT2D eigenvalue weighted by molar-refractivity contribution is 0.0423. The maximum atomic E-state index is 12.6. The van der Waals surface area contributed by atoms with Crippen LogP contribution in [-0.2, 0) is 9.47 Å². The number of rotatable bonds is 10. The molecular formula is C32H26O8S2. The van der Waals surface area contributed by atoms with Crippen molar-refractivity contribution in [1.29, 1.82) is 0 Å². The van der Waals surface area contributed by atoms with Gasteiger partial charge < -0.3 is 29.9 Å². The smallest absolute Gasteiger partial charge is 0.339 e. The lowest BCUT2D eigenvalue weighted by Gasteiger charge is -2.16. The van der Waals surface area contributed by atoms with Crippen molar-refractivity contribution >= 4 is 57.0 Å². The Morgan fingerprint density at radius 3 is 1.33 bits per heavy atom. The Hall–Kier alpha value is -4.22. The first-order chi connectivity index (χ1) is 20.4. The van der Waals surface area contributed by atoms with Gasteiger partial charge in [0.05, 0.1) is 24.3 Å². The van der Waals surface area contributed by atoms with Gasteiger partial charge in [0.25, 0.3) is 0 Å². The maximum Gasteiger partial charge on any atom is 0.339 e. The van der Waals surface area contributed by atoms with E-state index in [1.807, 2.05) is 0 Å². The molecule has 0 saturated carbocycles. The summed E-state index contributed by atoms with van der Waals surface area (Å²) in [5.74, 6) is -1.24. The number of esters is 2. The second kappa shape index (κ2) is 13.2. The SMILES string of the molecule is O=C(OCCO)c1ccccc1Sc1cccc2c(O)c3c(Sc4ccccc4C(=O)OCCO)cccc3c(O)c12. The topological polar surface area (TPSA) is 134 Å². The molecule has 0 spiro atoms. The van der Waals surface area contributed by atoms with Crippen molar-refractivity contribution in [2.45, 2.75) is 19.6 Å². The van der Waals surface area contributed by atoms with E-state index in [0.717, 1.165) is 0 Å². The Balaban J connectivity index is 1.59. The Morgan fingerprint density at radius 2 is 0.929 bits per heavy atom. The minimum absolute atomic E-state index is 0.0423. The van der Waals surface area contributed by atoms with Crippen LogP contribution in [0.1, 0.15) is 20.7 Å². The number of carbonyl (C=O) groups excluding carboxylic acids is 2. The van der Waals surface area contributed by atoms with Crippen LogP contribution in [0.15, 0.2) is 105 Å². The van der Waals surface area contributed by atoms with Crippen molar-refractivity contribution in [3.63, 3.8) is 0 Å². The third-order valence-electron chi connectivity index (χ3n) is 6.34. The van der Waals surface area contributed by atoms with Crippen LogP contribution >= 0.6 is 23.5 Å². The average molecular weight is 603 g/mol. The van der Waals surface area contributed by atoms with Gasteiger partial charge in [-0.25, -0.2) is 9.59 Å². The van der Waals surface area contributed by atoms with E-state index in [1.54, 1.807) is 84.9 Å². The van der Waals surface area contributed by atoms with Gasteiger partial charge in [-0.3, -0.25) is 0 Å². The molecule has 0 atom stereocenters. The highest BCUT2D eigenvalue weighted by atomic mass is 32.2. The van der Waals surface area contributed by atoms with E-state index in [9.17, 15) is 19.8 Å². The molecule has 0 radical (unpaired) electrons. The van der Waals surface area contributed by atoms with Gasteiger partial charge in [-0.05, 0) is 36.4 Å². The summed E-state index contributed by atoms with van der Waals surface area (Å²) in [7, 11) is 0. The fraction of sp³-hybridized carbons (Fsp3) is 0.125. The van der Waals surface area contributed by atoms with Crippen LogP contribution in [0.4, 0.5) is 0 Å². The van der Waals surface area contributed by atoms with Crippen LogP contribution in [0.2, 0.25) is 0 Å². The van der Waals surface area contributed by atoms with Gasteiger partial charge in [-0.2, -0.15) is 0 Å². The number of hydrogen-bond acceptors (Lipinski definition) is 10. The van der Waals surface area contributed by atoms with Gasteiger partial charge in [0.2, 0.25) is 0 Å². The molecule has 0 aliphatic heterocycles. The predicted octanol–water partition coefficient (Wildman–Crippen LogP) is 6.00. The molecule has 0 unspecified atom stereocenters. The largest absolute Gasteiger partial charge is 0.507 e. The van der Waals surface area contributed by atoms with Crippen LogP contribution in [0.5, 0.6) is 11.5 Å². The van der Waals surface area contributed by atoms with Gasteiger partial charge in [0, 0.05) is 41.1 Å². The van der Waals surface area contributed by atoms with Crippen molar-refractivity contribution < 1.29 is 39.5 Å². The number of aliphatic hydroxyl groups excluding tert-OH is 2. The number of fused-ring (bicyclic) bond motifs is 2. The minimum Gasteiger partial charge on any atom is -0.507 e. The van der Waals surface area contributed by atoms with E-state index in [1.165, 1.54) is 23.5 Å². The zero-order valence-corrected chi connectivity index (χ0v) is 23.8. The first-order valence-corrected chi connectivity index (χ1v) is 14.6. The molecule has 0 bridgehead atoms. The molecule has 8 nitrogen and oxygen atoms in total. The molecule has 5 aromatic rings. The first-order valence-electron chi connectivity index (χ1n) is 12.9. The van der Waals surface area contributed by atoms with Crippen molar-refractivity contribution in [1.82, 2.24) is 0 Å². The molecule has 5 rings (SSSR count). The molecule has 42 heavy (non-hydrogen) atoms. The second-order valence-electron chi connectivity index (χ2n) is 8.97. The van der Waals surface area contributed by atoms with E-state index in [4.69, 9.17) is 19.7 Å². The number of ether oxygens (including phenoxy) is 2. The zero-order chi connectivity index (χ0) is 29.6. The fourth-order valence-corrected chi connectivity index (χ4v) is 6.70. The monoisotopic (exact) mass is 602 g/mol. The van der Waals surface area contributed by atoms with Crippen LogP contribution in [0.25, 0.3) is 21.5 Å². The highest BCUT2D eigenvalue weighted by Crippen LogP contribution is 2.50. The molecule has 4 N–H and O–H groups in total. The lowest BCUT2D eigenvalue weighted by Crippen LogP contribution is -2.09. The fourth-order valence-electron chi connectivity index (χ4n) is 4.50. The third-order valence-corrected chi connectivity index (χ3v) is 8.61. The number of benzene rings is 5. The van der Waals surface area contributed by atoms with Crippen molar-refractivity contribution in [2.24, 2.45) is 0 Å². The molecule has 0 fully saturated rings. The van der Waals surface area contributed by atoms with E-state index in [2.05, 4.69) is 0 Å². The molecule has 0 aliphatic rings. The van der Waals surface area contributed by atoms with E-state index < -0.39 is 11.9 Å². The Kier molecular flexibility index (Phi) is 9.19. The summed E-state index contributed by atoms with van der Waals surface area (Å²) in [5.41, 5.74) is 0.625. The summed E-state index contributed by atoms with van der Waals surface area (Å²) in [6.45, 7) is -0.822. The summed E-state index contributed by atoms with van der Waals surface area (Å²) in [6.07, 6.45) is 0. The molecule has 214 valence electrons. The summed E-state index contributed by atoms with van der Waals surface area (Å²) in [6, 6.07) is 24.3. The number of phenols is 2. The van der Waals surface area contributed by atoms with Crippen LogP contribution in [0, 0.1) is 0 Å². The molecule has 10 heteroatoms. The molecule has 0 heterocycles. The number of aromatic hydroxyl groups is 2. The molecule has 0 saturated heterocycles. The number of aliphatic hydroxyl groups is 2. The first kappa shape index (κ1) is 29.3. The average Bonchev–Trinajstić information content (AvgIpc) is 3.01. The second-order valence-corrected chi connectivity index (χ2v) is 11.1. The van der Waals surface area contributed by atoms with Crippen LogP contribution < -0.4 is 0 Å². The van der Waals surface area contributed by atoms with Crippen LogP contribution in [-0.4, -0.2) is 58.8 Å². The van der Waals surface area contributed by atoms with Crippen molar-refractivity contribution in [2.75, 3.05) is 26.4 Å². The van der Waals surface area contributed by atoms with Gasteiger partial charge in [0.1, 0.15) is 24.7 Å². The molecule has 0 amide bonds. The van der Waals surface area contributed by atoms with Gasteiger partial charge in [-0.15, -0.1) is 0 Å². The van der Waals surface area contributed by atoms with Crippen LogP contribution in [0.3, 0.4) is 0 Å². The maximum absolute atomic E-state index is 12.6. The molecule has 0 aromatic heterocycles. The lowest BCUT2D eigenvalue weighted by atomic mass is 10.0. The third kappa shape index (κ3) is 5.88. The predicted molar refractivity (Wildman–Crippen MR) is 161 cm³/mol. The summed E-state index contributed by atoms with van der Waals surface area (Å²) in [5, 5.41) is 42.9. The van der Waals surface area contributed by atoms with Gasteiger partial charge in [0.15, 0.2) is 0 Å². The minimum atomic E-state index is -0.577. The summed E-state index contributed by atoms with van der Waals surface area (Å²) in [4.78, 5) is 27.6. The molecule has 5 aromatic carbocycles. The highest BCUT2D eigenvalue weighted by Gasteiger charge is 2.22. The Morgan fingerprint density at radius 1 is 0.548 bits per heavy atom. The number of hydrogen-bond donors (Lipinski definition) is 4. The van der Waals surface area contributed by atoms with E-state index in [0.29, 0.717) is 52.3 Å². The van der Waals surface area contributed by atoms with E-state index in [-0.39, 0.29) is 37.9 Å². The Labute approximate surface area is 249 Å². The van der Waals surface area contributed by atoms with Gasteiger partial charge in [-0.1, -0.05) is 72.1 Å². The molecular weight excluding hydrogens is 576 g/mol. The normalized spacial score (nSPS) is 11.1. The highest BCUT2D eigenvalue weighted by molar-refractivity contribution is 8.00. The summed E-state index contributed by atoms with van der Waals surface area (Å²) >= 11 is 2.49. The van der Waals surface area contributed by atoms with Crippen molar-refractivity contribution in [3.8, 4) is 11.5 Å². The molecule has 0 aliphatic carbocycles.